The maximum atomic E-state index is 12.8. The first-order valence-corrected chi connectivity index (χ1v) is 11.0. The molecule has 0 spiro atoms. The smallest absolute Gasteiger partial charge is 0.412 e. The molecule has 10 heteroatoms. The van der Waals surface area contributed by atoms with Crippen molar-refractivity contribution in [3.8, 4) is 17.2 Å². The van der Waals surface area contributed by atoms with Crippen LogP contribution in [0.15, 0.2) is 78.9 Å². The van der Waals surface area contributed by atoms with E-state index in [4.69, 9.17) is 24.7 Å². The summed E-state index contributed by atoms with van der Waals surface area (Å²) in [5.74, 6) is 0.692. The number of amides is 2. The summed E-state index contributed by atoms with van der Waals surface area (Å²) in [6.07, 6.45) is 0.197. The molecule has 0 saturated heterocycles. The fourth-order valence-corrected chi connectivity index (χ4v) is 3.50. The Bertz CT molecular complexity index is 1260. The third kappa shape index (κ3) is 6.05. The highest BCUT2D eigenvalue weighted by atomic mass is 16.7. The van der Waals surface area contributed by atoms with E-state index in [1.807, 2.05) is 0 Å². The van der Waals surface area contributed by atoms with Gasteiger partial charge in [-0.25, -0.2) is 4.79 Å². The Balaban J connectivity index is 1.49. The van der Waals surface area contributed by atoms with Crippen LogP contribution in [-0.2, 0) is 14.3 Å². The third-order valence-corrected chi connectivity index (χ3v) is 5.30. The molecule has 0 aliphatic carbocycles. The molecule has 1 heterocycles. The molecular formula is C26H25N3O7. The van der Waals surface area contributed by atoms with Crippen molar-refractivity contribution in [1.29, 1.82) is 0 Å². The predicted molar refractivity (Wildman–Crippen MR) is 133 cm³/mol. The Kier molecular flexibility index (Phi) is 7.57. The number of rotatable bonds is 8. The second kappa shape index (κ2) is 11.2. The summed E-state index contributed by atoms with van der Waals surface area (Å²) in [5, 5.41) is 15.0. The van der Waals surface area contributed by atoms with E-state index in [0.717, 1.165) is 0 Å². The van der Waals surface area contributed by atoms with Gasteiger partial charge in [0, 0.05) is 24.9 Å². The average Bonchev–Trinajstić information content (AvgIpc) is 3.33. The molecular weight excluding hydrogens is 466 g/mol. The second-order valence-corrected chi connectivity index (χ2v) is 7.75. The lowest BCUT2D eigenvalue weighted by molar-refractivity contribution is -0.112. The van der Waals surface area contributed by atoms with E-state index in [1.54, 1.807) is 54.6 Å². The Morgan fingerprint density at radius 2 is 1.78 bits per heavy atom. The number of carbonyl (C=O) groups excluding carboxylic acids is 2. The van der Waals surface area contributed by atoms with E-state index >= 15 is 0 Å². The van der Waals surface area contributed by atoms with Gasteiger partial charge in [0.1, 0.15) is 11.9 Å². The molecule has 0 saturated carbocycles. The van der Waals surface area contributed by atoms with Crippen molar-refractivity contribution < 1.29 is 33.6 Å². The number of nitrogens with two attached hydrogens (primary N) is 1. The number of methoxy groups -OCH3 is 1. The van der Waals surface area contributed by atoms with Crippen LogP contribution in [0.4, 0.5) is 21.9 Å². The lowest BCUT2D eigenvalue weighted by atomic mass is 10.0. The molecule has 186 valence electrons. The first kappa shape index (κ1) is 24.4. The highest BCUT2D eigenvalue weighted by molar-refractivity contribution is 6.01. The van der Waals surface area contributed by atoms with Crippen molar-refractivity contribution in [3.05, 3.63) is 84.4 Å². The molecule has 1 aliphatic rings. The van der Waals surface area contributed by atoms with E-state index in [1.165, 1.54) is 31.4 Å². The number of ether oxygens (including phenoxy) is 4. The maximum Gasteiger partial charge on any atom is 0.412 e. The molecule has 1 aliphatic heterocycles. The third-order valence-electron chi connectivity index (χ3n) is 5.30. The summed E-state index contributed by atoms with van der Waals surface area (Å²) in [4.78, 5) is 25.2. The zero-order valence-electron chi connectivity index (χ0n) is 19.3. The quantitative estimate of drug-likeness (QED) is 0.271. The number of fused-ring (bicyclic) bond motifs is 1. The standard InChI is InChI=1S/C26H25N3O7/c1-33-22(12-13-24(31)29-20-5-3-2-4-19(20)27)25(16-6-9-18(30)10-7-16)36-26(32)28-17-8-11-21-23(14-17)35-15-34-21/h2-14,22,25,30H,15,27H2,1H3,(H,28,32)(H,29,31)/b13-12+/t22-,25-/m1/s1. The summed E-state index contributed by atoms with van der Waals surface area (Å²) in [6.45, 7) is 0.110. The highest BCUT2D eigenvalue weighted by Gasteiger charge is 2.26. The molecule has 0 unspecified atom stereocenters. The van der Waals surface area contributed by atoms with E-state index in [-0.39, 0.29) is 12.5 Å². The van der Waals surface area contributed by atoms with Crippen LogP contribution in [0, 0.1) is 0 Å². The normalized spacial score (nSPS) is 13.7. The van der Waals surface area contributed by atoms with Gasteiger partial charge < -0.3 is 35.1 Å². The second-order valence-electron chi connectivity index (χ2n) is 7.75. The summed E-state index contributed by atoms with van der Waals surface area (Å²) < 4.78 is 21.8. The van der Waals surface area contributed by atoms with Crippen LogP contribution in [0.3, 0.4) is 0 Å². The molecule has 10 nitrogen and oxygen atoms in total. The lowest BCUT2D eigenvalue weighted by Crippen LogP contribution is -2.27. The first-order valence-electron chi connectivity index (χ1n) is 11.0. The number of phenolic OH excluding ortho intramolecular Hbond substituents is 1. The van der Waals surface area contributed by atoms with E-state index in [0.29, 0.717) is 34.1 Å². The van der Waals surface area contributed by atoms with Gasteiger partial charge in [-0.1, -0.05) is 24.3 Å². The van der Waals surface area contributed by atoms with Gasteiger partial charge in [0.15, 0.2) is 17.6 Å². The van der Waals surface area contributed by atoms with Crippen LogP contribution in [0.2, 0.25) is 0 Å². The molecule has 3 aromatic carbocycles. The fraction of sp³-hybridized carbons (Fsp3) is 0.154. The number of hydrogen-bond donors (Lipinski definition) is 4. The summed E-state index contributed by atoms with van der Waals surface area (Å²) in [7, 11) is 1.43. The van der Waals surface area contributed by atoms with Gasteiger partial charge in [0.25, 0.3) is 0 Å². The van der Waals surface area contributed by atoms with Crippen LogP contribution in [-0.4, -0.2) is 37.1 Å². The largest absolute Gasteiger partial charge is 0.508 e. The zero-order chi connectivity index (χ0) is 25.5. The number of nitrogen functional groups attached to an aromatic ring is 1. The van der Waals surface area contributed by atoms with Gasteiger partial charge in [-0.05, 0) is 48.0 Å². The van der Waals surface area contributed by atoms with Crippen LogP contribution >= 0.6 is 0 Å². The number of benzene rings is 3. The Morgan fingerprint density at radius 3 is 2.53 bits per heavy atom. The minimum atomic E-state index is -0.949. The Hall–Kier alpha value is -4.70. The van der Waals surface area contributed by atoms with Crippen LogP contribution in [0.25, 0.3) is 0 Å². The molecule has 0 radical (unpaired) electrons. The molecule has 0 fully saturated rings. The lowest BCUT2D eigenvalue weighted by Gasteiger charge is -2.24. The van der Waals surface area contributed by atoms with Crippen LogP contribution < -0.4 is 25.8 Å². The number of para-hydroxylation sites is 2. The van der Waals surface area contributed by atoms with Gasteiger partial charge in [0.2, 0.25) is 12.7 Å². The van der Waals surface area contributed by atoms with Gasteiger partial charge in [-0.3, -0.25) is 10.1 Å². The SMILES string of the molecule is CO[C@H](/C=C/C(=O)Nc1ccccc1N)[C@H](OC(=O)Nc1ccc2c(c1)OCO2)c1ccc(O)cc1. The summed E-state index contributed by atoms with van der Waals surface area (Å²) in [6, 6.07) is 17.9. The molecule has 2 atom stereocenters. The fourth-order valence-electron chi connectivity index (χ4n) is 3.50. The van der Waals surface area contributed by atoms with Crippen molar-refractivity contribution >= 4 is 29.1 Å². The van der Waals surface area contributed by atoms with E-state index in [9.17, 15) is 14.7 Å². The molecule has 2 amide bonds. The number of carbonyl (C=O) groups is 2. The van der Waals surface area contributed by atoms with Crippen LogP contribution in [0.1, 0.15) is 11.7 Å². The Morgan fingerprint density at radius 1 is 1.03 bits per heavy atom. The predicted octanol–water partition coefficient (Wildman–Crippen LogP) is 4.20. The molecule has 0 aromatic heterocycles. The van der Waals surface area contributed by atoms with Gasteiger partial charge >= 0.3 is 6.09 Å². The van der Waals surface area contributed by atoms with Crippen molar-refractivity contribution in [2.75, 3.05) is 30.3 Å². The van der Waals surface area contributed by atoms with Gasteiger partial charge in [-0.15, -0.1) is 0 Å². The molecule has 0 bridgehead atoms. The number of nitrogens with one attached hydrogen (secondary N) is 2. The zero-order valence-corrected chi connectivity index (χ0v) is 19.3. The van der Waals surface area contributed by atoms with Crippen molar-refractivity contribution in [1.82, 2.24) is 0 Å². The number of phenols is 1. The highest BCUT2D eigenvalue weighted by Crippen LogP contribution is 2.34. The molecule has 5 N–H and O–H groups in total. The van der Waals surface area contributed by atoms with E-state index < -0.39 is 24.2 Å². The molecule has 3 aromatic rings. The summed E-state index contributed by atoms with van der Waals surface area (Å²) in [5.41, 5.74) is 7.75. The molecule has 4 rings (SSSR count). The average molecular weight is 492 g/mol. The minimum absolute atomic E-state index is 0.0478. The maximum absolute atomic E-state index is 12.8. The van der Waals surface area contributed by atoms with Gasteiger partial charge in [-0.2, -0.15) is 0 Å². The molecule has 36 heavy (non-hydrogen) atoms. The van der Waals surface area contributed by atoms with Gasteiger partial charge in [0.05, 0.1) is 11.4 Å². The van der Waals surface area contributed by atoms with E-state index in [2.05, 4.69) is 10.6 Å². The number of anilines is 3. The first-order chi connectivity index (χ1) is 17.4. The van der Waals surface area contributed by atoms with Crippen LogP contribution in [0.5, 0.6) is 17.2 Å². The Labute approximate surface area is 207 Å². The number of hydrogen-bond acceptors (Lipinski definition) is 8. The topological polar surface area (TPSA) is 141 Å². The van der Waals surface area contributed by atoms with Crippen molar-refractivity contribution in [2.45, 2.75) is 12.2 Å². The van der Waals surface area contributed by atoms with Crippen molar-refractivity contribution in [2.24, 2.45) is 0 Å². The monoisotopic (exact) mass is 491 g/mol. The minimum Gasteiger partial charge on any atom is -0.508 e. The summed E-state index contributed by atoms with van der Waals surface area (Å²) >= 11 is 0. The number of aromatic hydroxyl groups is 1. The van der Waals surface area contributed by atoms with Crippen molar-refractivity contribution in [3.63, 3.8) is 0 Å².